The van der Waals surface area contributed by atoms with E-state index in [2.05, 4.69) is 0 Å². The molecular weight excluding hydrogens is 320 g/mol. The van der Waals surface area contributed by atoms with Gasteiger partial charge in [0.25, 0.3) is 0 Å². The smallest absolute Gasteiger partial charge is 0.335 e. The quantitative estimate of drug-likeness (QED) is 0.530. The van der Waals surface area contributed by atoms with Crippen molar-refractivity contribution < 1.29 is 24.1 Å². The zero-order chi connectivity index (χ0) is 17.9. The molecule has 0 bridgehead atoms. The third-order valence-electron chi connectivity index (χ3n) is 3.52. The zero-order valence-electron chi connectivity index (χ0n) is 14.4. The second kappa shape index (κ2) is 10.5. The lowest BCUT2D eigenvalue weighted by Crippen LogP contribution is -2.25. The summed E-state index contributed by atoms with van der Waals surface area (Å²) in [5.74, 6) is 0.121. The highest BCUT2D eigenvalue weighted by atomic mass is 16.5. The maximum absolute atomic E-state index is 11.4. The van der Waals surface area contributed by atoms with Crippen molar-refractivity contribution in [3.05, 3.63) is 65.7 Å². The van der Waals surface area contributed by atoms with Gasteiger partial charge >= 0.3 is 5.97 Å². The summed E-state index contributed by atoms with van der Waals surface area (Å²) in [6.07, 6.45) is -0.919. The molecule has 0 saturated heterocycles. The van der Waals surface area contributed by atoms with Crippen molar-refractivity contribution in [1.82, 2.24) is 0 Å². The SMILES string of the molecule is CCOC(=O)C(O)Cc1ccc(OCCOCc2ccccc2)cc1. The average Bonchev–Trinajstić information content (AvgIpc) is 2.64. The highest BCUT2D eigenvalue weighted by Gasteiger charge is 2.16. The van der Waals surface area contributed by atoms with E-state index in [0.29, 0.717) is 19.8 Å². The Morgan fingerprint density at radius 2 is 1.72 bits per heavy atom. The predicted octanol–water partition coefficient (Wildman–Crippen LogP) is 2.75. The molecule has 0 aliphatic heterocycles. The zero-order valence-corrected chi connectivity index (χ0v) is 14.4. The number of carbonyl (C=O) groups is 1. The number of aliphatic hydroxyl groups excluding tert-OH is 1. The van der Waals surface area contributed by atoms with Gasteiger partial charge in [-0.2, -0.15) is 0 Å². The van der Waals surface area contributed by atoms with Crippen LogP contribution in [0.5, 0.6) is 5.75 Å². The van der Waals surface area contributed by atoms with E-state index in [-0.39, 0.29) is 13.0 Å². The van der Waals surface area contributed by atoms with Crippen LogP contribution < -0.4 is 4.74 Å². The van der Waals surface area contributed by atoms with Crippen molar-refractivity contribution in [2.45, 2.75) is 26.1 Å². The number of benzene rings is 2. The Kier molecular flexibility index (Phi) is 7.95. The summed E-state index contributed by atoms with van der Waals surface area (Å²) in [6.45, 7) is 3.49. The molecule has 5 heteroatoms. The number of carbonyl (C=O) groups excluding carboxylic acids is 1. The molecule has 25 heavy (non-hydrogen) atoms. The Balaban J connectivity index is 1.67. The molecule has 2 rings (SSSR count). The molecule has 2 aromatic carbocycles. The van der Waals surface area contributed by atoms with E-state index in [1.807, 2.05) is 54.6 Å². The first-order valence-electron chi connectivity index (χ1n) is 8.37. The van der Waals surface area contributed by atoms with Gasteiger partial charge < -0.3 is 19.3 Å². The number of aliphatic hydroxyl groups is 1. The van der Waals surface area contributed by atoms with Crippen molar-refractivity contribution >= 4 is 5.97 Å². The fraction of sp³-hybridized carbons (Fsp3) is 0.350. The molecule has 0 radical (unpaired) electrons. The molecule has 0 aliphatic carbocycles. The molecule has 2 aromatic rings. The van der Waals surface area contributed by atoms with Crippen LogP contribution in [-0.4, -0.2) is 37.0 Å². The number of esters is 1. The van der Waals surface area contributed by atoms with E-state index in [0.717, 1.165) is 16.9 Å². The third-order valence-corrected chi connectivity index (χ3v) is 3.52. The van der Waals surface area contributed by atoms with Crippen molar-refractivity contribution in [1.29, 1.82) is 0 Å². The Morgan fingerprint density at radius 1 is 1.00 bits per heavy atom. The molecular formula is C20H24O5. The Bertz CT molecular complexity index is 624. The van der Waals surface area contributed by atoms with Crippen LogP contribution in [0.15, 0.2) is 54.6 Å². The lowest BCUT2D eigenvalue weighted by atomic mass is 10.1. The van der Waals surface area contributed by atoms with Gasteiger partial charge in [-0.05, 0) is 30.2 Å². The molecule has 0 aromatic heterocycles. The van der Waals surface area contributed by atoms with E-state index >= 15 is 0 Å². The summed E-state index contributed by atoms with van der Waals surface area (Å²) in [4.78, 5) is 11.4. The van der Waals surface area contributed by atoms with Gasteiger partial charge in [-0.25, -0.2) is 4.79 Å². The molecule has 0 saturated carbocycles. The van der Waals surface area contributed by atoms with Gasteiger partial charge in [0.05, 0.1) is 19.8 Å². The number of hydrogen-bond acceptors (Lipinski definition) is 5. The van der Waals surface area contributed by atoms with Crippen LogP contribution in [0.3, 0.4) is 0 Å². The molecule has 1 N–H and O–H groups in total. The van der Waals surface area contributed by atoms with E-state index in [9.17, 15) is 9.90 Å². The van der Waals surface area contributed by atoms with Crippen molar-refractivity contribution in [2.75, 3.05) is 19.8 Å². The first-order chi connectivity index (χ1) is 12.2. The fourth-order valence-corrected chi connectivity index (χ4v) is 2.25. The summed E-state index contributed by atoms with van der Waals surface area (Å²) in [5, 5.41) is 9.74. The highest BCUT2D eigenvalue weighted by Crippen LogP contribution is 2.14. The van der Waals surface area contributed by atoms with Gasteiger partial charge in [-0.1, -0.05) is 42.5 Å². The van der Waals surface area contributed by atoms with Gasteiger partial charge in [0, 0.05) is 6.42 Å². The van der Waals surface area contributed by atoms with E-state index in [1.54, 1.807) is 6.92 Å². The standard InChI is InChI=1S/C20H24O5/c1-2-24-20(22)19(21)14-16-8-10-18(11-9-16)25-13-12-23-15-17-6-4-3-5-7-17/h3-11,19,21H,2,12-15H2,1H3. The Hall–Kier alpha value is -2.37. The largest absolute Gasteiger partial charge is 0.491 e. The second-order valence-electron chi connectivity index (χ2n) is 5.50. The summed E-state index contributed by atoms with van der Waals surface area (Å²) in [7, 11) is 0. The minimum absolute atomic E-state index is 0.222. The summed E-state index contributed by atoms with van der Waals surface area (Å²) in [6, 6.07) is 17.2. The van der Waals surface area contributed by atoms with E-state index < -0.39 is 12.1 Å². The fourth-order valence-electron chi connectivity index (χ4n) is 2.25. The van der Waals surface area contributed by atoms with Gasteiger partial charge in [0.1, 0.15) is 12.4 Å². The van der Waals surface area contributed by atoms with Crippen molar-refractivity contribution in [3.8, 4) is 5.75 Å². The summed E-state index contributed by atoms with van der Waals surface area (Å²) in [5.41, 5.74) is 1.97. The van der Waals surface area contributed by atoms with Gasteiger partial charge in [-0.3, -0.25) is 0 Å². The Morgan fingerprint density at radius 3 is 2.40 bits per heavy atom. The molecule has 1 atom stereocenters. The molecule has 0 aliphatic rings. The van der Waals surface area contributed by atoms with Crippen LogP contribution in [0.4, 0.5) is 0 Å². The first-order valence-corrected chi connectivity index (χ1v) is 8.37. The van der Waals surface area contributed by atoms with Gasteiger partial charge in [0.2, 0.25) is 0 Å². The minimum atomic E-state index is -1.14. The van der Waals surface area contributed by atoms with E-state index in [4.69, 9.17) is 14.2 Å². The van der Waals surface area contributed by atoms with Crippen LogP contribution in [0.1, 0.15) is 18.1 Å². The minimum Gasteiger partial charge on any atom is -0.491 e. The second-order valence-corrected chi connectivity index (χ2v) is 5.50. The maximum Gasteiger partial charge on any atom is 0.335 e. The number of ether oxygens (including phenoxy) is 3. The summed E-state index contributed by atoms with van der Waals surface area (Å²) < 4.78 is 15.9. The van der Waals surface area contributed by atoms with Crippen LogP contribution >= 0.6 is 0 Å². The molecule has 0 heterocycles. The molecule has 5 nitrogen and oxygen atoms in total. The van der Waals surface area contributed by atoms with Gasteiger partial charge in [0.15, 0.2) is 6.10 Å². The summed E-state index contributed by atoms with van der Waals surface area (Å²) >= 11 is 0. The molecule has 0 spiro atoms. The normalized spacial score (nSPS) is 11.8. The third kappa shape index (κ3) is 6.95. The monoisotopic (exact) mass is 344 g/mol. The maximum atomic E-state index is 11.4. The van der Waals surface area contributed by atoms with Crippen LogP contribution in [0.25, 0.3) is 0 Å². The van der Waals surface area contributed by atoms with Gasteiger partial charge in [-0.15, -0.1) is 0 Å². The highest BCUT2D eigenvalue weighted by molar-refractivity contribution is 5.74. The lowest BCUT2D eigenvalue weighted by molar-refractivity contribution is -0.152. The Labute approximate surface area is 148 Å². The molecule has 134 valence electrons. The molecule has 0 fully saturated rings. The number of hydrogen-bond donors (Lipinski definition) is 1. The lowest BCUT2D eigenvalue weighted by Gasteiger charge is -2.11. The number of rotatable bonds is 10. The van der Waals surface area contributed by atoms with Crippen LogP contribution in [-0.2, 0) is 27.3 Å². The predicted molar refractivity (Wildman–Crippen MR) is 94.4 cm³/mol. The van der Waals surface area contributed by atoms with Crippen molar-refractivity contribution in [2.24, 2.45) is 0 Å². The van der Waals surface area contributed by atoms with Crippen LogP contribution in [0, 0.1) is 0 Å². The first kappa shape index (κ1) is 19.0. The van der Waals surface area contributed by atoms with Crippen LogP contribution in [0.2, 0.25) is 0 Å². The van der Waals surface area contributed by atoms with E-state index in [1.165, 1.54) is 0 Å². The average molecular weight is 344 g/mol. The topological polar surface area (TPSA) is 65.0 Å². The molecule has 1 unspecified atom stereocenters. The van der Waals surface area contributed by atoms with Crippen molar-refractivity contribution in [3.63, 3.8) is 0 Å². The molecule has 0 amide bonds.